The summed E-state index contributed by atoms with van der Waals surface area (Å²) in [6, 6.07) is 11.7. The summed E-state index contributed by atoms with van der Waals surface area (Å²) >= 11 is 0. The first-order valence-electron chi connectivity index (χ1n) is 12.4. The highest BCUT2D eigenvalue weighted by atomic mass is 19.3. The molecule has 4 rings (SSSR count). The number of fused-ring (bicyclic) bond motifs is 1. The first-order valence-corrected chi connectivity index (χ1v) is 12.4. The van der Waals surface area contributed by atoms with E-state index in [0.717, 1.165) is 29.7 Å². The molecule has 2 saturated carbocycles. The Hall–Kier alpha value is -1.97. The molecule has 0 aliphatic heterocycles. The van der Waals surface area contributed by atoms with Crippen molar-refractivity contribution in [2.24, 2.45) is 17.8 Å². The molecule has 4 atom stereocenters. The Bertz CT molecular complexity index is 863. The minimum Gasteiger partial charge on any atom is -0.435 e. The van der Waals surface area contributed by atoms with Gasteiger partial charge in [0.2, 0.25) is 0 Å². The van der Waals surface area contributed by atoms with E-state index in [2.05, 4.69) is 17.7 Å². The van der Waals surface area contributed by atoms with Crippen molar-refractivity contribution >= 4 is 0 Å². The van der Waals surface area contributed by atoms with Crippen molar-refractivity contribution < 1.29 is 17.9 Å². The molecule has 1 nitrogen and oxygen atoms in total. The van der Waals surface area contributed by atoms with E-state index in [9.17, 15) is 13.2 Å². The standard InChI is InChI=1S/C28H35F3O/c1-2-3-4-5-19-6-7-22-17-23(9-8-21(22)16-19)24-12-15-26(27(29)18-24)20-10-13-25(14-11-20)32-28(30)31/h10-15,18-19,21-23,28H,2-9,16-17H2,1H3/t19?,21-,22-,23-/m1/s1. The van der Waals surface area contributed by atoms with Gasteiger partial charge in [-0.2, -0.15) is 8.78 Å². The molecule has 32 heavy (non-hydrogen) atoms. The second-order valence-electron chi connectivity index (χ2n) is 9.85. The zero-order valence-corrected chi connectivity index (χ0v) is 19.0. The number of hydrogen-bond acceptors (Lipinski definition) is 1. The summed E-state index contributed by atoms with van der Waals surface area (Å²) in [5.41, 5.74) is 2.27. The van der Waals surface area contributed by atoms with Crippen LogP contribution >= 0.6 is 0 Å². The molecule has 2 aromatic carbocycles. The number of alkyl halides is 2. The third-order valence-electron chi connectivity index (χ3n) is 7.79. The van der Waals surface area contributed by atoms with E-state index < -0.39 is 6.61 Å². The van der Waals surface area contributed by atoms with E-state index in [1.165, 1.54) is 69.9 Å². The molecule has 0 amide bonds. The smallest absolute Gasteiger partial charge is 0.387 e. The highest BCUT2D eigenvalue weighted by Crippen LogP contribution is 2.48. The Morgan fingerprint density at radius 1 is 0.906 bits per heavy atom. The molecular weight excluding hydrogens is 409 g/mol. The van der Waals surface area contributed by atoms with Crippen LogP contribution in [0.25, 0.3) is 11.1 Å². The van der Waals surface area contributed by atoms with Crippen molar-refractivity contribution in [3.63, 3.8) is 0 Å². The topological polar surface area (TPSA) is 9.23 Å². The lowest BCUT2D eigenvalue weighted by Gasteiger charge is -2.42. The quantitative estimate of drug-likeness (QED) is 0.369. The van der Waals surface area contributed by atoms with Crippen LogP contribution in [0.1, 0.15) is 82.6 Å². The number of rotatable bonds is 8. The van der Waals surface area contributed by atoms with Gasteiger partial charge in [0.15, 0.2) is 0 Å². The van der Waals surface area contributed by atoms with Crippen LogP contribution in [-0.2, 0) is 0 Å². The summed E-state index contributed by atoms with van der Waals surface area (Å²) in [5, 5.41) is 0. The number of halogens is 3. The fourth-order valence-corrected chi connectivity index (χ4v) is 6.07. The fraction of sp³-hybridized carbons (Fsp3) is 0.571. The SMILES string of the molecule is CCCCCC1CC[C@@H]2C[C@H](c3ccc(-c4ccc(OC(F)F)cc4)c(F)c3)CC[C@@H]2C1. The normalized spacial score (nSPS) is 25.5. The third-order valence-corrected chi connectivity index (χ3v) is 7.79. The molecule has 2 aliphatic rings. The first kappa shape index (κ1) is 23.2. The van der Waals surface area contributed by atoms with E-state index in [1.807, 2.05) is 6.07 Å². The van der Waals surface area contributed by atoms with Crippen molar-refractivity contribution in [2.45, 2.75) is 83.7 Å². The van der Waals surface area contributed by atoms with Gasteiger partial charge in [0.05, 0.1) is 0 Å². The van der Waals surface area contributed by atoms with Gasteiger partial charge in [-0.25, -0.2) is 4.39 Å². The number of unbranched alkanes of at least 4 members (excludes halogenated alkanes) is 2. The molecule has 0 bridgehead atoms. The Labute approximate surface area is 190 Å². The lowest BCUT2D eigenvalue weighted by molar-refractivity contribution is -0.0498. The summed E-state index contributed by atoms with van der Waals surface area (Å²) < 4.78 is 44.0. The molecule has 4 heteroatoms. The van der Waals surface area contributed by atoms with Crippen LogP contribution in [0, 0.1) is 23.6 Å². The highest BCUT2D eigenvalue weighted by Gasteiger charge is 2.35. The fourth-order valence-electron chi connectivity index (χ4n) is 6.07. The van der Waals surface area contributed by atoms with Crippen LogP contribution < -0.4 is 4.74 Å². The van der Waals surface area contributed by atoms with E-state index in [-0.39, 0.29) is 11.6 Å². The van der Waals surface area contributed by atoms with Gasteiger partial charge in [0, 0.05) is 5.56 Å². The molecule has 0 aromatic heterocycles. The van der Waals surface area contributed by atoms with Crippen LogP contribution in [0.3, 0.4) is 0 Å². The van der Waals surface area contributed by atoms with Crippen LogP contribution in [0.5, 0.6) is 5.75 Å². The minimum absolute atomic E-state index is 0.0811. The lowest BCUT2D eigenvalue weighted by atomic mass is 9.63. The predicted octanol–water partition coefficient (Wildman–Crippen LogP) is 8.97. The maximum absolute atomic E-state index is 15.0. The molecule has 174 valence electrons. The van der Waals surface area contributed by atoms with Crippen LogP contribution in [-0.4, -0.2) is 6.61 Å². The predicted molar refractivity (Wildman–Crippen MR) is 124 cm³/mol. The van der Waals surface area contributed by atoms with Gasteiger partial charge in [0.1, 0.15) is 11.6 Å². The average Bonchev–Trinajstić information content (AvgIpc) is 2.79. The van der Waals surface area contributed by atoms with Gasteiger partial charge in [-0.05, 0) is 85.1 Å². The second kappa shape index (κ2) is 10.8. The Morgan fingerprint density at radius 3 is 2.38 bits per heavy atom. The van der Waals surface area contributed by atoms with Crippen molar-refractivity contribution in [3.8, 4) is 16.9 Å². The number of ether oxygens (including phenoxy) is 1. The minimum atomic E-state index is -2.86. The molecule has 2 fully saturated rings. The van der Waals surface area contributed by atoms with E-state index in [0.29, 0.717) is 17.0 Å². The van der Waals surface area contributed by atoms with E-state index >= 15 is 0 Å². The van der Waals surface area contributed by atoms with Crippen LogP contribution in [0.2, 0.25) is 0 Å². The van der Waals surface area contributed by atoms with Gasteiger partial charge in [-0.15, -0.1) is 0 Å². The maximum Gasteiger partial charge on any atom is 0.387 e. The zero-order chi connectivity index (χ0) is 22.5. The third kappa shape index (κ3) is 5.68. The second-order valence-corrected chi connectivity index (χ2v) is 9.85. The summed E-state index contributed by atoms with van der Waals surface area (Å²) in [6.45, 7) is -0.585. The monoisotopic (exact) mass is 444 g/mol. The van der Waals surface area contributed by atoms with Crippen molar-refractivity contribution in [3.05, 3.63) is 53.8 Å². The van der Waals surface area contributed by atoms with Gasteiger partial charge < -0.3 is 4.74 Å². The average molecular weight is 445 g/mol. The van der Waals surface area contributed by atoms with Gasteiger partial charge in [-0.1, -0.05) is 63.3 Å². The maximum atomic E-state index is 15.0. The Kier molecular flexibility index (Phi) is 7.80. The molecule has 2 aliphatic carbocycles. The van der Waals surface area contributed by atoms with Crippen molar-refractivity contribution in [1.82, 2.24) is 0 Å². The van der Waals surface area contributed by atoms with Crippen LogP contribution in [0.4, 0.5) is 13.2 Å². The van der Waals surface area contributed by atoms with E-state index in [4.69, 9.17) is 0 Å². The summed E-state index contributed by atoms with van der Waals surface area (Å²) in [6.07, 6.45) is 13.2. The molecular formula is C28H35F3O. The molecule has 2 aromatic rings. The molecule has 1 unspecified atom stereocenters. The molecule has 0 spiro atoms. The molecule has 0 radical (unpaired) electrons. The van der Waals surface area contributed by atoms with Crippen LogP contribution in [0.15, 0.2) is 42.5 Å². The molecule has 0 N–H and O–H groups in total. The van der Waals surface area contributed by atoms with Crippen molar-refractivity contribution in [1.29, 1.82) is 0 Å². The summed E-state index contributed by atoms with van der Waals surface area (Å²) in [5.74, 6) is 2.86. The summed E-state index contributed by atoms with van der Waals surface area (Å²) in [7, 11) is 0. The number of hydrogen-bond donors (Lipinski definition) is 0. The zero-order valence-electron chi connectivity index (χ0n) is 19.0. The van der Waals surface area contributed by atoms with Crippen molar-refractivity contribution in [2.75, 3.05) is 0 Å². The molecule has 0 saturated heterocycles. The first-order chi connectivity index (χ1) is 15.5. The largest absolute Gasteiger partial charge is 0.435 e. The highest BCUT2D eigenvalue weighted by molar-refractivity contribution is 5.65. The Balaban J connectivity index is 1.37. The van der Waals surface area contributed by atoms with Gasteiger partial charge >= 0.3 is 6.61 Å². The molecule has 0 heterocycles. The number of benzene rings is 2. The Morgan fingerprint density at radius 2 is 1.66 bits per heavy atom. The van der Waals surface area contributed by atoms with Gasteiger partial charge in [-0.3, -0.25) is 0 Å². The van der Waals surface area contributed by atoms with Gasteiger partial charge in [0.25, 0.3) is 0 Å². The van der Waals surface area contributed by atoms with E-state index in [1.54, 1.807) is 18.2 Å². The summed E-state index contributed by atoms with van der Waals surface area (Å²) in [4.78, 5) is 0. The lowest BCUT2D eigenvalue weighted by Crippen LogP contribution is -2.30.